The molecule has 1 heterocycles. The number of hydrogen-bond acceptors (Lipinski definition) is 7. The summed E-state index contributed by atoms with van der Waals surface area (Å²) in [6, 6.07) is 4.69. The monoisotopic (exact) mass is 612 g/mol. The molecule has 40 heavy (non-hydrogen) atoms. The van der Waals surface area contributed by atoms with E-state index in [-0.39, 0.29) is 31.3 Å². The maximum atomic E-state index is 13.3. The lowest BCUT2D eigenvalue weighted by atomic mass is 9.99. The minimum absolute atomic E-state index is 0.0517. The SMILES string of the molecule is CCNC(=O)C(=O)[C@H](Cc1ccc(Cl)cc1)NC(=O)[C@H](CC(C)C)NC(=O)CNC(=O)CCCCC1CCSS1. The summed E-state index contributed by atoms with van der Waals surface area (Å²) >= 11 is 5.96. The standard InChI is InChI=1S/C28H41ClN4O5S2/c1-4-30-28(38)26(36)22(16-19-9-11-20(29)12-10-19)33-27(37)23(15-18(2)3)32-25(35)17-31-24(34)8-6-5-7-21-13-14-39-40-21/h9-12,18,21-23H,4-8,13-17H2,1-3H3,(H,30,38)(H,31,34)(H,32,35)(H,33,37)/t21?,22-,23-/m0/s1. The van der Waals surface area contributed by atoms with Crippen molar-refractivity contribution in [3.05, 3.63) is 34.9 Å². The quantitative estimate of drug-likeness (QED) is 0.120. The molecule has 4 amide bonds. The molecule has 1 unspecified atom stereocenters. The van der Waals surface area contributed by atoms with Crippen molar-refractivity contribution < 1.29 is 24.0 Å². The normalized spacial score (nSPS) is 16.2. The fourth-order valence-electron chi connectivity index (χ4n) is 4.18. The van der Waals surface area contributed by atoms with Gasteiger partial charge in [0.15, 0.2) is 0 Å². The van der Waals surface area contributed by atoms with Crippen LogP contribution in [0.25, 0.3) is 0 Å². The van der Waals surface area contributed by atoms with E-state index in [1.807, 2.05) is 35.4 Å². The summed E-state index contributed by atoms with van der Waals surface area (Å²) in [6.07, 6.45) is 4.79. The lowest BCUT2D eigenvalue weighted by Crippen LogP contribution is -2.55. The second-order valence-corrected chi connectivity index (χ2v) is 13.4. The maximum absolute atomic E-state index is 13.3. The van der Waals surface area contributed by atoms with Crippen LogP contribution in [-0.4, -0.2) is 65.6 Å². The van der Waals surface area contributed by atoms with Gasteiger partial charge in [-0.1, -0.05) is 65.6 Å². The molecule has 0 bridgehead atoms. The van der Waals surface area contributed by atoms with Gasteiger partial charge in [-0.15, -0.1) is 0 Å². The van der Waals surface area contributed by atoms with Crippen molar-refractivity contribution in [2.45, 2.75) is 83.1 Å². The average molecular weight is 613 g/mol. The Morgan fingerprint density at radius 3 is 2.33 bits per heavy atom. The maximum Gasteiger partial charge on any atom is 0.289 e. The van der Waals surface area contributed by atoms with Gasteiger partial charge in [-0.2, -0.15) is 0 Å². The molecular weight excluding hydrogens is 572 g/mol. The Morgan fingerprint density at radius 2 is 1.70 bits per heavy atom. The van der Waals surface area contributed by atoms with E-state index in [1.54, 1.807) is 31.2 Å². The molecule has 1 aliphatic rings. The number of unbranched alkanes of at least 4 members (excludes halogenated alkanes) is 1. The number of benzene rings is 1. The molecule has 3 atom stereocenters. The number of carbonyl (C=O) groups is 5. The van der Waals surface area contributed by atoms with Crippen LogP contribution < -0.4 is 21.3 Å². The van der Waals surface area contributed by atoms with Crippen molar-refractivity contribution in [2.75, 3.05) is 18.8 Å². The number of amides is 4. The largest absolute Gasteiger partial charge is 0.350 e. The second kappa shape index (κ2) is 18.2. The van der Waals surface area contributed by atoms with Crippen LogP contribution in [0, 0.1) is 5.92 Å². The van der Waals surface area contributed by atoms with Crippen LogP contribution >= 0.6 is 33.2 Å². The number of halogens is 1. The highest BCUT2D eigenvalue weighted by Gasteiger charge is 2.30. The zero-order valence-electron chi connectivity index (χ0n) is 23.4. The fourth-order valence-corrected chi connectivity index (χ4v) is 7.33. The summed E-state index contributed by atoms with van der Waals surface area (Å²) in [5.74, 6) is -1.62. The first-order valence-electron chi connectivity index (χ1n) is 13.8. The smallest absolute Gasteiger partial charge is 0.289 e. The van der Waals surface area contributed by atoms with E-state index in [0.717, 1.165) is 19.3 Å². The summed E-state index contributed by atoms with van der Waals surface area (Å²) in [7, 11) is 3.83. The highest BCUT2D eigenvalue weighted by atomic mass is 35.5. The van der Waals surface area contributed by atoms with Gasteiger partial charge >= 0.3 is 0 Å². The van der Waals surface area contributed by atoms with Crippen LogP contribution in [0.5, 0.6) is 0 Å². The molecule has 0 aliphatic carbocycles. The molecule has 9 nitrogen and oxygen atoms in total. The van der Waals surface area contributed by atoms with Crippen LogP contribution in [0.15, 0.2) is 24.3 Å². The average Bonchev–Trinajstić information content (AvgIpc) is 3.43. The summed E-state index contributed by atoms with van der Waals surface area (Å²) < 4.78 is 0. The summed E-state index contributed by atoms with van der Waals surface area (Å²) in [5.41, 5.74) is 0.709. The van der Waals surface area contributed by atoms with Gasteiger partial charge < -0.3 is 21.3 Å². The number of rotatable bonds is 17. The van der Waals surface area contributed by atoms with Crippen LogP contribution in [-0.2, 0) is 30.4 Å². The zero-order valence-corrected chi connectivity index (χ0v) is 25.8. The van der Waals surface area contributed by atoms with E-state index >= 15 is 0 Å². The van der Waals surface area contributed by atoms with Crippen molar-refractivity contribution in [1.82, 2.24) is 21.3 Å². The second-order valence-electron chi connectivity index (χ2n) is 10.2. The van der Waals surface area contributed by atoms with Gasteiger partial charge in [0, 0.05) is 35.4 Å². The number of carbonyl (C=O) groups excluding carboxylic acids is 5. The van der Waals surface area contributed by atoms with E-state index in [4.69, 9.17) is 11.6 Å². The molecule has 222 valence electrons. The molecule has 12 heteroatoms. The molecule has 4 N–H and O–H groups in total. The van der Waals surface area contributed by atoms with Crippen molar-refractivity contribution in [2.24, 2.45) is 5.92 Å². The topological polar surface area (TPSA) is 133 Å². The predicted molar refractivity (Wildman–Crippen MR) is 162 cm³/mol. The highest BCUT2D eigenvalue weighted by Crippen LogP contribution is 2.39. The molecule has 0 saturated carbocycles. The van der Waals surface area contributed by atoms with Crippen LogP contribution in [0.4, 0.5) is 0 Å². The number of ketones is 1. The number of Topliss-reactive ketones (excluding diaryl/α,β-unsaturated/α-hetero) is 1. The lowest BCUT2D eigenvalue weighted by Gasteiger charge is -2.24. The molecule has 0 radical (unpaired) electrons. The summed E-state index contributed by atoms with van der Waals surface area (Å²) in [4.78, 5) is 63.3. The van der Waals surface area contributed by atoms with Crippen LogP contribution in [0.2, 0.25) is 5.02 Å². The molecule has 1 aliphatic heterocycles. The minimum Gasteiger partial charge on any atom is -0.350 e. The molecule has 1 aromatic rings. The van der Waals surface area contributed by atoms with Gasteiger partial charge in [0.2, 0.25) is 23.5 Å². The van der Waals surface area contributed by atoms with Gasteiger partial charge in [0.05, 0.1) is 6.54 Å². The van der Waals surface area contributed by atoms with Crippen LogP contribution in [0.1, 0.15) is 64.9 Å². The molecule has 1 saturated heterocycles. The third-order valence-electron chi connectivity index (χ3n) is 6.26. The van der Waals surface area contributed by atoms with E-state index in [0.29, 0.717) is 28.7 Å². The number of nitrogens with one attached hydrogen (secondary N) is 4. The molecular formula is C28H41ClN4O5S2. The fraction of sp³-hybridized carbons (Fsp3) is 0.607. The van der Waals surface area contributed by atoms with E-state index in [1.165, 1.54) is 12.2 Å². The van der Waals surface area contributed by atoms with Crippen molar-refractivity contribution in [3.8, 4) is 0 Å². The number of likely N-dealkylation sites (N-methyl/N-ethyl adjacent to an activating group) is 1. The van der Waals surface area contributed by atoms with Crippen molar-refractivity contribution >= 4 is 62.6 Å². The van der Waals surface area contributed by atoms with E-state index in [9.17, 15) is 24.0 Å². The third-order valence-corrected chi connectivity index (χ3v) is 9.52. The van der Waals surface area contributed by atoms with Crippen molar-refractivity contribution in [3.63, 3.8) is 0 Å². The zero-order chi connectivity index (χ0) is 29.5. The predicted octanol–water partition coefficient (Wildman–Crippen LogP) is 3.43. The first-order valence-corrected chi connectivity index (χ1v) is 16.6. The number of hydrogen-bond donors (Lipinski definition) is 4. The third kappa shape index (κ3) is 13.0. The molecule has 1 aromatic carbocycles. The Kier molecular flexibility index (Phi) is 15.5. The van der Waals surface area contributed by atoms with Gasteiger partial charge in [-0.05, 0) is 56.2 Å². The Morgan fingerprint density at radius 1 is 0.975 bits per heavy atom. The molecule has 0 aromatic heterocycles. The lowest BCUT2D eigenvalue weighted by molar-refractivity contribution is -0.140. The Labute approximate surface area is 249 Å². The van der Waals surface area contributed by atoms with Gasteiger partial charge in [0.1, 0.15) is 12.1 Å². The van der Waals surface area contributed by atoms with Crippen LogP contribution in [0.3, 0.4) is 0 Å². The highest BCUT2D eigenvalue weighted by molar-refractivity contribution is 8.77. The molecule has 1 fully saturated rings. The van der Waals surface area contributed by atoms with E-state index in [2.05, 4.69) is 21.3 Å². The first kappa shape index (κ1) is 34.0. The molecule has 0 spiro atoms. The van der Waals surface area contributed by atoms with Gasteiger partial charge in [-0.3, -0.25) is 24.0 Å². The Hall–Kier alpha value is -2.24. The minimum atomic E-state index is -1.13. The van der Waals surface area contributed by atoms with Gasteiger partial charge in [0.25, 0.3) is 5.91 Å². The summed E-state index contributed by atoms with van der Waals surface area (Å²) in [5, 5.41) is 11.6. The van der Waals surface area contributed by atoms with E-state index < -0.39 is 35.6 Å². The first-order chi connectivity index (χ1) is 19.1. The molecule has 2 rings (SSSR count). The van der Waals surface area contributed by atoms with Crippen molar-refractivity contribution in [1.29, 1.82) is 0 Å². The Balaban J connectivity index is 1.93. The van der Waals surface area contributed by atoms with Gasteiger partial charge in [-0.25, -0.2) is 0 Å². The summed E-state index contributed by atoms with van der Waals surface area (Å²) in [6.45, 7) is 5.52. The Bertz CT molecular complexity index is 1000.